The maximum Gasteiger partial charge on any atom is 0.240 e. The van der Waals surface area contributed by atoms with Crippen molar-refractivity contribution in [2.24, 2.45) is 0 Å². The number of nitrogens with one attached hydrogen (secondary N) is 2. The van der Waals surface area contributed by atoms with Crippen LogP contribution in [-0.2, 0) is 21.4 Å². The van der Waals surface area contributed by atoms with Crippen LogP contribution in [0.25, 0.3) is 0 Å². The number of carbonyl (C=O) groups excluding carboxylic acids is 2. The minimum absolute atomic E-state index is 0. The van der Waals surface area contributed by atoms with Gasteiger partial charge in [0.15, 0.2) is 0 Å². The lowest BCUT2D eigenvalue weighted by Crippen LogP contribution is -2.46. The van der Waals surface area contributed by atoms with E-state index in [9.17, 15) is 14.0 Å². The summed E-state index contributed by atoms with van der Waals surface area (Å²) < 4.78 is 12.9. The van der Waals surface area contributed by atoms with Crippen LogP contribution in [0, 0.1) is 5.82 Å². The van der Waals surface area contributed by atoms with Crippen LogP contribution in [0.3, 0.4) is 0 Å². The van der Waals surface area contributed by atoms with E-state index in [2.05, 4.69) is 10.6 Å². The third-order valence-electron chi connectivity index (χ3n) is 5.47. The molecule has 0 radical (unpaired) electrons. The summed E-state index contributed by atoms with van der Waals surface area (Å²) in [5.41, 5.74) is 2.26. The molecule has 5 nitrogen and oxygen atoms in total. The Morgan fingerprint density at radius 1 is 1.18 bits per heavy atom. The van der Waals surface area contributed by atoms with Crippen LogP contribution in [0.5, 0.6) is 0 Å². The summed E-state index contributed by atoms with van der Waals surface area (Å²) in [6.07, 6.45) is 1.37. The van der Waals surface area contributed by atoms with Gasteiger partial charge in [0.05, 0.1) is 5.41 Å². The molecule has 2 aromatic carbocycles. The first-order chi connectivity index (χ1) is 13.1. The molecule has 2 heterocycles. The number of hydrogen-bond acceptors (Lipinski definition) is 3. The predicted octanol–water partition coefficient (Wildman–Crippen LogP) is 2.18. The number of amides is 2. The lowest BCUT2D eigenvalue weighted by atomic mass is 9.81. The Labute approximate surface area is 169 Å². The first-order valence-electron chi connectivity index (χ1n) is 9.23. The Balaban J connectivity index is 0.00000225. The van der Waals surface area contributed by atoms with Gasteiger partial charge < -0.3 is 15.5 Å². The summed E-state index contributed by atoms with van der Waals surface area (Å²) in [6.45, 7) is 1.88. The van der Waals surface area contributed by atoms with Crippen molar-refractivity contribution in [1.82, 2.24) is 10.6 Å². The predicted molar refractivity (Wildman–Crippen MR) is 108 cm³/mol. The quantitative estimate of drug-likeness (QED) is 0.804. The van der Waals surface area contributed by atoms with Gasteiger partial charge in [-0.3, -0.25) is 9.59 Å². The van der Waals surface area contributed by atoms with Crippen LogP contribution in [-0.4, -0.2) is 38.0 Å². The van der Waals surface area contributed by atoms with Crippen LogP contribution in [0.4, 0.5) is 10.1 Å². The molecule has 148 valence electrons. The number of carbonyl (C=O) groups is 2. The number of nitrogens with zero attached hydrogens (tertiary/aromatic N) is 1. The van der Waals surface area contributed by atoms with Gasteiger partial charge in [0.2, 0.25) is 11.8 Å². The van der Waals surface area contributed by atoms with Crippen molar-refractivity contribution in [2.75, 3.05) is 31.1 Å². The minimum atomic E-state index is -0.537. The zero-order valence-electron chi connectivity index (χ0n) is 15.4. The van der Waals surface area contributed by atoms with E-state index in [0.717, 1.165) is 29.8 Å². The molecule has 1 saturated heterocycles. The van der Waals surface area contributed by atoms with Gasteiger partial charge in [0.1, 0.15) is 12.4 Å². The van der Waals surface area contributed by atoms with Gasteiger partial charge in [-0.1, -0.05) is 30.3 Å². The van der Waals surface area contributed by atoms with E-state index in [0.29, 0.717) is 19.5 Å². The fourth-order valence-electron chi connectivity index (χ4n) is 4.05. The lowest BCUT2D eigenvalue weighted by Gasteiger charge is -2.22. The first-order valence-corrected chi connectivity index (χ1v) is 9.23. The fourth-order valence-corrected chi connectivity index (χ4v) is 4.05. The van der Waals surface area contributed by atoms with Crippen molar-refractivity contribution in [3.8, 4) is 0 Å². The summed E-state index contributed by atoms with van der Waals surface area (Å²) in [6, 6.07) is 14.0. The second-order valence-electron chi connectivity index (χ2n) is 7.14. The van der Waals surface area contributed by atoms with Gasteiger partial charge in [0.25, 0.3) is 0 Å². The van der Waals surface area contributed by atoms with Gasteiger partial charge in [-0.15, -0.1) is 12.4 Å². The van der Waals surface area contributed by atoms with Crippen molar-refractivity contribution in [3.05, 3.63) is 65.5 Å². The topological polar surface area (TPSA) is 61.4 Å². The number of anilines is 1. The van der Waals surface area contributed by atoms with Gasteiger partial charge in [-0.05, 0) is 48.7 Å². The summed E-state index contributed by atoms with van der Waals surface area (Å²) in [5, 5.41) is 6.14. The molecule has 0 bridgehead atoms. The summed E-state index contributed by atoms with van der Waals surface area (Å²) in [5.74, 6) is -0.463. The zero-order chi connectivity index (χ0) is 18.9. The van der Waals surface area contributed by atoms with Crippen LogP contribution in [0.2, 0.25) is 0 Å². The third kappa shape index (κ3) is 3.62. The van der Waals surface area contributed by atoms with E-state index < -0.39 is 5.41 Å². The van der Waals surface area contributed by atoms with E-state index in [4.69, 9.17) is 0 Å². The molecule has 2 N–H and O–H groups in total. The summed E-state index contributed by atoms with van der Waals surface area (Å²) in [7, 11) is 0. The monoisotopic (exact) mass is 403 g/mol. The SMILES string of the molecule is Cl.O=C(CN1C(=O)C2(CCNC2)c2ccccc21)NCCc1ccc(F)cc1. The molecular formula is C21H23ClFN3O2. The van der Waals surface area contributed by atoms with Crippen molar-refractivity contribution >= 4 is 29.9 Å². The van der Waals surface area contributed by atoms with E-state index in [1.165, 1.54) is 12.1 Å². The minimum Gasteiger partial charge on any atom is -0.354 e. The molecule has 1 atom stereocenters. The number of benzene rings is 2. The van der Waals surface area contributed by atoms with Gasteiger partial charge in [0, 0.05) is 18.8 Å². The Morgan fingerprint density at radius 2 is 1.93 bits per heavy atom. The molecule has 4 rings (SSSR count). The number of rotatable bonds is 5. The molecule has 1 spiro atoms. The second-order valence-corrected chi connectivity index (χ2v) is 7.14. The number of fused-ring (bicyclic) bond motifs is 2. The van der Waals surface area contributed by atoms with E-state index >= 15 is 0 Å². The zero-order valence-corrected chi connectivity index (χ0v) is 16.2. The first kappa shape index (κ1) is 20.3. The molecule has 0 aromatic heterocycles. The molecule has 0 aliphatic carbocycles. The smallest absolute Gasteiger partial charge is 0.240 e. The van der Waals surface area contributed by atoms with Crippen LogP contribution >= 0.6 is 12.4 Å². The number of hydrogen-bond donors (Lipinski definition) is 2. The van der Waals surface area contributed by atoms with E-state index in [1.54, 1.807) is 17.0 Å². The average Bonchev–Trinajstić information content (AvgIpc) is 3.25. The van der Waals surface area contributed by atoms with Crippen LogP contribution < -0.4 is 15.5 Å². The second kappa shape index (κ2) is 8.29. The maximum atomic E-state index is 13.1. The Hall–Kier alpha value is -2.44. The highest BCUT2D eigenvalue weighted by molar-refractivity contribution is 6.11. The highest BCUT2D eigenvalue weighted by atomic mass is 35.5. The van der Waals surface area contributed by atoms with E-state index in [-0.39, 0.29) is 36.6 Å². The Morgan fingerprint density at radius 3 is 2.64 bits per heavy atom. The largest absolute Gasteiger partial charge is 0.354 e. The maximum absolute atomic E-state index is 13.1. The molecule has 1 fully saturated rings. The van der Waals surface area contributed by atoms with Crippen molar-refractivity contribution in [1.29, 1.82) is 0 Å². The highest BCUT2D eigenvalue weighted by Gasteiger charge is 2.52. The molecule has 1 unspecified atom stereocenters. The molecule has 7 heteroatoms. The van der Waals surface area contributed by atoms with Gasteiger partial charge in [-0.25, -0.2) is 4.39 Å². The van der Waals surface area contributed by atoms with Crippen LogP contribution in [0.15, 0.2) is 48.5 Å². The van der Waals surface area contributed by atoms with Gasteiger partial charge >= 0.3 is 0 Å². The average molecular weight is 404 g/mol. The number of para-hydroxylation sites is 1. The molecule has 2 amide bonds. The summed E-state index contributed by atoms with van der Waals surface area (Å²) in [4.78, 5) is 27.1. The van der Waals surface area contributed by atoms with Crippen LogP contribution in [0.1, 0.15) is 17.5 Å². The van der Waals surface area contributed by atoms with Gasteiger partial charge in [-0.2, -0.15) is 0 Å². The van der Waals surface area contributed by atoms with Crippen molar-refractivity contribution < 1.29 is 14.0 Å². The molecule has 2 aliphatic rings. The normalized spacial score (nSPS) is 20.2. The molecule has 0 saturated carbocycles. The molecule has 2 aromatic rings. The van der Waals surface area contributed by atoms with Crippen molar-refractivity contribution in [2.45, 2.75) is 18.3 Å². The Bertz CT molecular complexity index is 866. The molecule has 2 aliphatic heterocycles. The standard InChI is InChI=1S/C21H22FN3O2.ClH/c22-16-7-5-15(6-8-16)9-11-24-19(26)13-25-18-4-2-1-3-17(18)21(20(25)27)10-12-23-14-21;/h1-8,23H,9-14H2,(H,24,26);1H. The third-order valence-corrected chi connectivity index (χ3v) is 5.47. The lowest BCUT2D eigenvalue weighted by molar-refractivity contribution is -0.125. The molecule has 28 heavy (non-hydrogen) atoms. The number of halogens is 2. The Kier molecular flexibility index (Phi) is 6.01. The molecular weight excluding hydrogens is 381 g/mol. The van der Waals surface area contributed by atoms with E-state index in [1.807, 2.05) is 24.3 Å². The van der Waals surface area contributed by atoms with Crippen molar-refractivity contribution in [3.63, 3.8) is 0 Å². The summed E-state index contributed by atoms with van der Waals surface area (Å²) >= 11 is 0. The highest BCUT2D eigenvalue weighted by Crippen LogP contribution is 2.45. The fraction of sp³-hybridized carbons (Fsp3) is 0.333.